The molecule has 28 heavy (non-hydrogen) atoms. The number of aromatic nitrogens is 2. The molecule has 6 heteroatoms. The van der Waals surface area contributed by atoms with E-state index < -0.39 is 13.3 Å². The first-order chi connectivity index (χ1) is 13.1. The Balaban J connectivity index is 2.14. The van der Waals surface area contributed by atoms with E-state index in [1.807, 2.05) is 47.2 Å². The van der Waals surface area contributed by atoms with E-state index in [4.69, 9.17) is 0 Å². The summed E-state index contributed by atoms with van der Waals surface area (Å²) in [6, 6.07) is 15.6. The van der Waals surface area contributed by atoms with Gasteiger partial charge in [-0.05, 0) is 41.2 Å². The number of nitrogens with zero attached hydrogens (tertiary/aromatic N) is 2. The van der Waals surface area contributed by atoms with Crippen LogP contribution in [-0.2, 0) is 9.98 Å². The molecule has 0 spiro atoms. The molecule has 5 nitrogen and oxygen atoms in total. The molecule has 1 aromatic carbocycles. The lowest BCUT2D eigenvalue weighted by Crippen LogP contribution is -2.36. The Morgan fingerprint density at radius 1 is 0.964 bits per heavy atom. The summed E-state index contributed by atoms with van der Waals surface area (Å²) in [5.41, 5.74) is 3.57. The zero-order valence-electron chi connectivity index (χ0n) is 16.6. The fraction of sp³-hybridized carbons (Fsp3) is 0.273. The molecule has 146 valence electrons. The van der Waals surface area contributed by atoms with Crippen LogP contribution in [0.5, 0.6) is 0 Å². The normalized spacial score (nSPS) is 13.4. The molecule has 0 radical (unpaired) electrons. The predicted molar refractivity (Wildman–Crippen MR) is 110 cm³/mol. The van der Waals surface area contributed by atoms with Crippen molar-refractivity contribution in [3.8, 4) is 16.8 Å². The van der Waals surface area contributed by atoms with Gasteiger partial charge in [0.15, 0.2) is 6.20 Å². The summed E-state index contributed by atoms with van der Waals surface area (Å²) in [6.45, 7) is 8.02. The molecule has 0 aliphatic carbocycles. The Morgan fingerprint density at radius 2 is 1.57 bits per heavy atom. The quantitative estimate of drug-likeness (QED) is 0.500. The van der Waals surface area contributed by atoms with Gasteiger partial charge in [0.1, 0.15) is 5.66 Å². The van der Waals surface area contributed by atoms with Crippen LogP contribution >= 0.6 is 7.60 Å². The standard InChI is InChI=1S/C22H25N2O3P/c1-16(28(25,26)27)21-15-18(17-9-12-23-13-10-17)11-14-24(21)20-7-5-19(6-8-20)22(2,3)4/h5-16H,1-4H3,(H-,25,26,27)/p+1. The summed E-state index contributed by atoms with van der Waals surface area (Å²) in [5, 5.41) is 0. The van der Waals surface area contributed by atoms with Crippen molar-refractivity contribution >= 4 is 7.60 Å². The Labute approximate surface area is 165 Å². The first-order valence-electron chi connectivity index (χ1n) is 9.19. The van der Waals surface area contributed by atoms with Crippen LogP contribution in [0.4, 0.5) is 0 Å². The second kappa shape index (κ2) is 7.59. The predicted octanol–water partition coefficient (Wildman–Crippen LogP) is 4.56. The summed E-state index contributed by atoms with van der Waals surface area (Å²) >= 11 is 0. The van der Waals surface area contributed by atoms with Crippen LogP contribution < -0.4 is 4.57 Å². The van der Waals surface area contributed by atoms with Gasteiger partial charge in [0.25, 0.3) is 0 Å². The van der Waals surface area contributed by atoms with Gasteiger partial charge in [-0.25, -0.2) is 0 Å². The maximum absolute atomic E-state index is 12.0. The van der Waals surface area contributed by atoms with E-state index in [1.54, 1.807) is 19.3 Å². The smallest absolute Gasteiger partial charge is 0.324 e. The average Bonchev–Trinajstić information content (AvgIpc) is 2.66. The fourth-order valence-corrected chi connectivity index (χ4v) is 3.64. The van der Waals surface area contributed by atoms with Gasteiger partial charge in [-0.3, -0.25) is 9.55 Å². The van der Waals surface area contributed by atoms with Crippen molar-refractivity contribution in [3.05, 3.63) is 78.4 Å². The summed E-state index contributed by atoms with van der Waals surface area (Å²) < 4.78 is 13.9. The van der Waals surface area contributed by atoms with Crippen molar-refractivity contribution < 1.29 is 18.9 Å². The molecule has 0 fully saturated rings. The topological polar surface area (TPSA) is 74.3 Å². The number of hydrogen-bond donors (Lipinski definition) is 2. The van der Waals surface area contributed by atoms with Gasteiger partial charge in [-0.2, -0.15) is 4.57 Å². The second-order valence-electron chi connectivity index (χ2n) is 8.01. The minimum Gasteiger partial charge on any atom is -0.324 e. The van der Waals surface area contributed by atoms with Gasteiger partial charge in [0.2, 0.25) is 11.4 Å². The monoisotopic (exact) mass is 397 g/mol. The minimum atomic E-state index is -4.31. The van der Waals surface area contributed by atoms with Gasteiger partial charge in [-0.1, -0.05) is 32.9 Å². The lowest BCUT2D eigenvalue weighted by atomic mass is 9.87. The SMILES string of the molecule is CC(c1cc(-c2ccncc2)cc[n+]1-c1ccc(C(C)(C)C)cc1)P(=O)(O)O. The molecule has 0 bridgehead atoms. The molecule has 3 aromatic rings. The zero-order chi connectivity index (χ0) is 20.5. The molecular formula is C22H26N2O3P+. The van der Waals surface area contributed by atoms with Crippen molar-refractivity contribution in [2.24, 2.45) is 0 Å². The third-order valence-electron chi connectivity index (χ3n) is 4.94. The molecule has 2 N–H and O–H groups in total. The van der Waals surface area contributed by atoms with Crippen molar-refractivity contribution in [1.82, 2.24) is 4.98 Å². The van der Waals surface area contributed by atoms with Crippen molar-refractivity contribution in [3.63, 3.8) is 0 Å². The third-order valence-corrected chi connectivity index (χ3v) is 6.22. The van der Waals surface area contributed by atoms with E-state index >= 15 is 0 Å². The Kier molecular flexibility index (Phi) is 5.53. The zero-order valence-corrected chi connectivity index (χ0v) is 17.5. The van der Waals surface area contributed by atoms with E-state index in [2.05, 4.69) is 37.9 Å². The molecule has 1 atom stereocenters. The van der Waals surface area contributed by atoms with E-state index in [0.29, 0.717) is 5.69 Å². The van der Waals surface area contributed by atoms with Gasteiger partial charge in [-0.15, -0.1) is 0 Å². The van der Waals surface area contributed by atoms with Gasteiger partial charge in [0.05, 0.1) is 0 Å². The summed E-state index contributed by atoms with van der Waals surface area (Å²) in [5.74, 6) is 0. The maximum atomic E-state index is 12.0. The van der Waals surface area contributed by atoms with Gasteiger partial charge < -0.3 is 9.79 Å². The number of rotatable bonds is 4. The van der Waals surface area contributed by atoms with E-state index in [-0.39, 0.29) is 5.41 Å². The van der Waals surface area contributed by atoms with Crippen LogP contribution in [0.1, 0.15) is 44.6 Å². The van der Waals surface area contributed by atoms with Gasteiger partial charge in [0, 0.05) is 36.7 Å². The molecule has 3 rings (SSSR count). The average molecular weight is 397 g/mol. The molecule has 0 amide bonds. The first kappa shape index (κ1) is 20.4. The summed E-state index contributed by atoms with van der Waals surface area (Å²) in [4.78, 5) is 23.7. The minimum absolute atomic E-state index is 0.0381. The van der Waals surface area contributed by atoms with Gasteiger partial charge >= 0.3 is 7.60 Å². The highest BCUT2D eigenvalue weighted by atomic mass is 31.2. The molecule has 0 aliphatic rings. The van der Waals surface area contributed by atoms with Crippen molar-refractivity contribution in [2.75, 3.05) is 0 Å². The molecule has 0 aliphatic heterocycles. The number of pyridine rings is 2. The highest BCUT2D eigenvalue weighted by molar-refractivity contribution is 7.52. The van der Waals surface area contributed by atoms with Crippen LogP contribution in [0.15, 0.2) is 67.1 Å². The molecule has 1 unspecified atom stereocenters. The first-order valence-corrected chi connectivity index (χ1v) is 10.9. The molecule has 0 saturated carbocycles. The van der Waals surface area contributed by atoms with Crippen molar-refractivity contribution in [2.45, 2.75) is 38.8 Å². The maximum Gasteiger partial charge on any atom is 0.338 e. The Hall–Kier alpha value is -2.33. The van der Waals surface area contributed by atoms with Crippen LogP contribution in [0.3, 0.4) is 0 Å². The van der Waals surface area contributed by atoms with Crippen molar-refractivity contribution in [1.29, 1.82) is 0 Å². The summed E-state index contributed by atoms with van der Waals surface area (Å²) in [7, 11) is -4.31. The van der Waals surface area contributed by atoms with E-state index in [1.165, 1.54) is 5.56 Å². The molecule has 2 aromatic heterocycles. The van der Waals surface area contributed by atoms with E-state index in [0.717, 1.165) is 16.8 Å². The van der Waals surface area contributed by atoms with Crippen LogP contribution in [0.25, 0.3) is 16.8 Å². The largest absolute Gasteiger partial charge is 0.338 e. The summed E-state index contributed by atoms with van der Waals surface area (Å²) in [6.07, 6.45) is 5.27. The Morgan fingerprint density at radius 3 is 2.11 bits per heavy atom. The highest BCUT2D eigenvalue weighted by Gasteiger charge is 2.34. The molecule has 0 saturated heterocycles. The highest BCUT2D eigenvalue weighted by Crippen LogP contribution is 2.50. The lowest BCUT2D eigenvalue weighted by Gasteiger charge is -2.19. The van der Waals surface area contributed by atoms with E-state index in [9.17, 15) is 14.4 Å². The fourth-order valence-electron chi connectivity index (χ4n) is 3.09. The molecule has 2 heterocycles. The number of benzene rings is 1. The van der Waals surface area contributed by atoms with Crippen LogP contribution in [0.2, 0.25) is 0 Å². The second-order valence-corrected chi connectivity index (χ2v) is 9.96. The Bertz CT molecular complexity index is 1010. The lowest BCUT2D eigenvalue weighted by molar-refractivity contribution is -0.604. The van der Waals surface area contributed by atoms with Crippen LogP contribution in [-0.4, -0.2) is 14.8 Å². The van der Waals surface area contributed by atoms with Crippen LogP contribution in [0, 0.1) is 0 Å². The number of hydrogen-bond acceptors (Lipinski definition) is 2. The third kappa shape index (κ3) is 4.39. The molecular weight excluding hydrogens is 371 g/mol.